The molecule has 3 amide bonds. The van der Waals surface area contributed by atoms with Crippen molar-refractivity contribution in [2.45, 2.75) is 19.9 Å². The fraction of sp³-hybridized carbons (Fsp3) is 0.700. The van der Waals surface area contributed by atoms with Crippen LogP contribution in [0.5, 0.6) is 0 Å². The van der Waals surface area contributed by atoms with Crippen molar-refractivity contribution < 1.29 is 19.5 Å². The monoisotopic (exact) mass is 243 g/mol. The molecule has 1 aliphatic rings. The molecule has 1 rings (SSSR count). The summed E-state index contributed by atoms with van der Waals surface area (Å²) in [6.45, 7) is 3.93. The molecule has 1 fully saturated rings. The molecule has 0 saturated carbocycles. The third kappa shape index (κ3) is 3.61. The lowest BCUT2D eigenvalue weighted by atomic mass is 10.3. The van der Waals surface area contributed by atoms with Crippen LogP contribution in [0.25, 0.3) is 0 Å². The van der Waals surface area contributed by atoms with Crippen molar-refractivity contribution in [3.8, 4) is 0 Å². The lowest BCUT2D eigenvalue weighted by molar-refractivity contribution is -0.138. The van der Waals surface area contributed by atoms with Gasteiger partial charge in [-0.3, -0.25) is 9.59 Å². The molecular weight excluding hydrogens is 226 g/mol. The van der Waals surface area contributed by atoms with Gasteiger partial charge in [0.15, 0.2) is 0 Å². The minimum Gasteiger partial charge on any atom is -0.480 e. The number of rotatable bonds is 3. The van der Waals surface area contributed by atoms with Crippen molar-refractivity contribution in [2.75, 3.05) is 26.2 Å². The molecule has 0 spiro atoms. The summed E-state index contributed by atoms with van der Waals surface area (Å²) in [5.41, 5.74) is 0. The Labute approximate surface area is 99.4 Å². The molecule has 96 valence electrons. The molecule has 7 nitrogen and oxygen atoms in total. The van der Waals surface area contributed by atoms with E-state index in [1.54, 1.807) is 13.8 Å². The molecule has 0 aliphatic carbocycles. The fourth-order valence-corrected chi connectivity index (χ4v) is 1.60. The highest BCUT2D eigenvalue weighted by Crippen LogP contribution is 2.06. The van der Waals surface area contributed by atoms with E-state index in [0.29, 0.717) is 13.1 Å². The fourth-order valence-electron chi connectivity index (χ4n) is 1.60. The molecule has 1 aliphatic heterocycles. The van der Waals surface area contributed by atoms with Crippen molar-refractivity contribution in [2.24, 2.45) is 0 Å². The Kier molecular flexibility index (Phi) is 4.30. The van der Waals surface area contributed by atoms with Gasteiger partial charge in [-0.15, -0.1) is 0 Å². The lowest BCUT2D eigenvalue weighted by Crippen LogP contribution is -2.56. The van der Waals surface area contributed by atoms with Crippen molar-refractivity contribution >= 4 is 17.9 Å². The van der Waals surface area contributed by atoms with Gasteiger partial charge in [-0.1, -0.05) is 0 Å². The molecule has 2 N–H and O–H groups in total. The van der Waals surface area contributed by atoms with E-state index in [4.69, 9.17) is 5.11 Å². The molecule has 0 aromatic heterocycles. The molecule has 1 saturated heterocycles. The molecule has 7 heteroatoms. The normalized spacial score (nSPS) is 15.7. The van der Waals surface area contributed by atoms with E-state index in [9.17, 15) is 14.4 Å². The van der Waals surface area contributed by atoms with Crippen LogP contribution in [-0.2, 0) is 9.59 Å². The number of piperazine rings is 1. The summed E-state index contributed by atoms with van der Waals surface area (Å²) < 4.78 is 0. The highest BCUT2D eigenvalue weighted by atomic mass is 16.4. The Morgan fingerprint density at radius 3 is 2.65 bits per heavy atom. The van der Waals surface area contributed by atoms with Gasteiger partial charge >= 0.3 is 12.0 Å². The van der Waals surface area contributed by atoms with Crippen LogP contribution in [-0.4, -0.2) is 65.0 Å². The molecule has 17 heavy (non-hydrogen) atoms. The number of urea groups is 1. The molecular formula is C10H17N3O4. The van der Waals surface area contributed by atoms with Crippen LogP contribution in [0, 0.1) is 0 Å². The van der Waals surface area contributed by atoms with Gasteiger partial charge in [0, 0.05) is 19.1 Å². The van der Waals surface area contributed by atoms with Crippen LogP contribution in [0.15, 0.2) is 0 Å². The number of carboxylic acid groups (broad SMARTS) is 1. The number of nitrogens with zero attached hydrogens (tertiary/aromatic N) is 2. The number of hydrogen-bond acceptors (Lipinski definition) is 3. The van der Waals surface area contributed by atoms with Crippen molar-refractivity contribution in [3.05, 3.63) is 0 Å². The van der Waals surface area contributed by atoms with Crippen molar-refractivity contribution in [3.63, 3.8) is 0 Å². The molecule has 0 unspecified atom stereocenters. The number of carbonyl (C=O) groups is 3. The van der Waals surface area contributed by atoms with Gasteiger partial charge in [-0.2, -0.15) is 0 Å². The zero-order valence-corrected chi connectivity index (χ0v) is 9.97. The Bertz CT molecular complexity index is 330. The van der Waals surface area contributed by atoms with Gasteiger partial charge in [0.2, 0.25) is 5.91 Å². The SMILES string of the molecule is CC(C)N(CC(=O)O)C(=O)N1CCNC(=O)C1. The van der Waals surface area contributed by atoms with E-state index in [2.05, 4.69) is 5.32 Å². The third-order valence-corrected chi connectivity index (χ3v) is 2.48. The smallest absolute Gasteiger partial charge is 0.323 e. The van der Waals surface area contributed by atoms with Crippen molar-refractivity contribution in [1.29, 1.82) is 0 Å². The average molecular weight is 243 g/mol. The second-order valence-electron chi connectivity index (χ2n) is 4.17. The summed E-state index contributed by atoms with van der Waals surface area (Å²) in [7, 11) is 0. The number of amides is 3. The quantitative estimate of drug-likeness (QED) is 0.688. The number of nitrogens with one attached hydrogen (secondary N) is 1. The molecule has 0 aromatic rings. The molecule has 0 bridgehead atoms. The molecule has 0 atom stereocenters. The standard InChI is InChI=1S/C10H17N3O4/c1-7(2)13(6-9(15)16)10(17)12-4-3-11-8(14)5-12/h7H,3-6H2,1-2H3,(H,11,14)(H,15,16). The molecule has 1 heterocycles. The number of hydrogen-bond donors (Lipinski definition) is 2. The Balaban J connectivity index is 2.69. The number of aliphatic carboxylic acids is 1. The first-order chi connectivity index (χ1) is 7.91. The van der Waals surface area contributed by atoms with Crippen molar-refractivity contribution in [1.82, 2.24) is 15.1 Å². The van der Waals surface area contributed by atoms with E-state index in [1.807, 2.05) is 0 Å². The Hall–Kier alpha value is -1.79. The van der Waals surface area contributed by atoms with Gasteiger partial charge in [0.1, 0.15) is 13.1 Å². The van der Waals surface area contributed by atoms with Crippen LogP contribution in [0.3, 0.4) is 0 Å². The van der Waals surface area contributed by atoms with E-state index < -0.39 is 12.0 Å². The topological polar surface area (TPSA) is 90.0 Å². The summed E-state index contributed by atoms with van der Waals surface area (Å²) in [5, 5.41) is 11.3. The first kappa shape index (κ1) is 13.3. The maximum atomic E-state index is 12.0. The van der Waals surface area contributed by atoms with Gasteiger partial charge in [0.25, 0.3) is 0 Å². The second-order valence-corrected chi connectivity index (χ2v) is 4.17. The Morgan fingerprint density at radius 2 is 2.18 bits per heavy atom. The van der Waals surface area contributed by atoms with Crippen LogP contribution < -0.4 is 5.32 Å². The predicted octanol–water partition coefficient (Wildman–Crippen LogP) is -0.667. The zero-order chi connectivity index (χ0) is 13.0. The van der Waals surface area contributed by atoms with Crippen LogP contribution in [0.4, 0.5) is 4.79 Å². The average Bonchev–Trinajstić information content (AvgIpc) is 2.24. The van der Waals surface area contributed by atoms with Gasteiger partial charge < -0.3 is 20.2 Å². The van der Waals surface area contributed by atoms with E-state index in [0.717, 1.165) is 0 Å². The minimum absolute atomic E-state index is 0.0122. The largest absolute Gasteiger partial charge is 0.480 e. The summed E-state index contributed by atoms with van der Waals surface area (Å²) in [5.74, 6) is -1.28. The summed E-state index contributed by atoms with van der Waals surface area (Å²) in [6, 6.07) is -0.624. The van der Waals surface area contributed by atoms with Gasteiger partial charge in [-0.05, 0) is 13.8 Å². The van der Waals surface area contributed by atoms with Crippen LogP contribution in [0.2, 0.25) is 0 Å². The van der Waals surface area contributed by atoms with E-state index in [1.165, 1.54) is 9.80 Å². The molecule has 0 aromatic carbocycles. The molecule has 0 radical (unpaired) electrons. The van der Waals surface area contributed by atoms with Gasteiger partial charge in [-0.25, -0.2) is 4.79 Å². The maximum Gasteiger partial charge on any atom is 0.323 e. The lowest BCUT2D eigenvalue weighted by Gasteiger charge is -2.33. The maximum absolute atomic E-state index is 12.0. The first-order valence-electron chi connectivity index (χ1n) is 5.46. The van der Waals surface area contributed by atoms with Crippen LogP contribution in [0.1, 0.15) is 13.8 Å². The first-order valence-corrected chi connectivity index (χ1v) is 5.46. The minimum atomic E-state index is -1.06. The zero-order valence-electron chi connectivity index (χ0n) is 9.97. The predicted molar refractivity (Wildman–Crippen MR) is 59.5 cm³/mol. The second kappa shape index (κ2) is 5.51. The van der Waals surface area contributed by atoms with E-state index in [-0.39, 0.29) is 25.0 Å². The van der Waals surface area contributed by atoms with E-state index >= 15 is 0 Å². The summed E-state index contributed by atoms with van der Waals surface area (Å²) in [4.78, 5) is 36.5. The number of carboxylic acids is 1. The number of carbonyl (C=O) groups excluding carboxylic acids is 2. The Morgan fingerprint density at radius 1 is 1.53 bits per heavy atom. The highest BCUT2D eigenvalue weighted by molar-refractivity contribution is 5.86. The van der Waals surface area contributed by atoms with Gasteiger partial charge in [0.05, 0.1) is 0 Å². The third-order valence-electron chi connectivity index (χ3n) is 2.48. The summed E-state index contributed by atoms with van der Waals surface area (Å²) >= 11 is 0. The highest BCUT2D eigenvalue weighted by Gasteiger charge is 2.28. The van der Waals surface area contributed by atoms with Crippen LogP contribution >= 0.6 is 0 Å². The summed E-state index contributed by atoms with van der Waals surface area (Å²) in [6.07, 6.45) is 0.